The number of allylic oxidation sites excluding steroid dienone is 1. The number of alkyl halides is 3. The predicted octanol–water partition coefficient (Wildman–Crippen LogP) is 5.21. The monoisotopic (exact) mass is 394 g/mol. The maximum absolute atomic E-state index is 13.6. The summed E-state index contributed by atoms with van der Waals surface area (Å²) in [5.41, 5.74) is -0.426. The molecule has 0 radical (unpaired) electrons. The average Bonchev–Trinajstić information content (AvgIpc) is 3.00. The van der Waals surface area contributed by atoms with Crippen LogP contribution in [0.4, 0.5) is 17.6 Å². The van der Waals surface area contributed by atoms with Crippen LogP contribution in [-0.4, -0.2) is 26.4 Å². The lowest BCUT2D eigenvalue weighted by Crippen LogP contribution is -2.57. The van der Waals surface area contributed by atoms with Crippen molar-refractivity contribution in [2.24, 2.45) is 11.3 Å². The Morgan fingerprint density at radius 1 is 1.21 bits per heavy atom. The molecule has 0 amide bonds. The quantitative estimate of drug-likeness (QED) is 0.711. The molecule has 2 heterocycles. The van der Waals surface area contributed by atoms with Crippen LogP contribution < -0.4 is 0 Å². The first-order chi connectivity index (χ1) is 13.0. The maximum Gasteiger partial charge on any atom is 0.417 e. The number of fused-ring (bicyclic) bond motifs is 2. The first kappa shape index (κ1) is 19.2. The number of rotatable bonds is 2. The van der Waals surface area contributed by atoms with Gasteiger partial charge in [0.1, 0.15) is 5.82 Å². The van der Waals surface area contributed by atoms with E-state index < -0.39 is 23.1 Å². The lowest BCUT2D eigenvalue weighted by Gasteiger charge is -2.51. The Hall–Kier alpha value is -2.15. The SMILES string of the molecule is C[C@]12Cn3cnc(-c4ccc(F)cc4)c3C=C1CCC[C@@H]2[C@](C)(O)C(F)(F)F. The molecule has 28 heavy (non-hydrogen) atoms. The molecule has 3 nitrogen and oxygen atoms in total. The van der Waals surface area contributed by atoms with Gasteiger partial charge in [0, 0.05) is 23.4 Å². The molecule has 150 valence electrons. The Morgan fingerprint density at radius 3 is 2.54 bits per heavy atom. The first-order valence-electron chi connectivity index (χ1n) is 9.35. The van der Waals surface area contributed by atoms with Crippen LogP contribution in [0.3, 0.4) is 0 Å². The van der Waals surface area contributed by atoms with Crippen LogP contribution in [0.1, 0.15) is 38.8 Å². The van der Waals surface area contributed by atoms with Crippen LogP contribution >= 0.6 is 0 Å². The molecule has 2 aromatic rings. The van der Waals surface area contributed by atoms with Crippen LogP contribution in [0.25, 0.3) is 17.3 Å². The fourth-order valence-corrected chi connectivity index (χ4v) is 4.89. The summed E-state index contributed by atoms with van der Waals surface area (Å²) in [6.07, 6.45) is 0.425. The normalized spacial score (nSPS) is 26.8. The zero-order valence-electron chi connectivity index (χ0n) is 15.7. The highest BCUT2D eigenvalue weighted by Crippen LogP contribution is 2.56. The van der Waals surface area contributed by atoms with Gasteiger partial charge in [0.15, 0.2) is 5.60 Å². The second-order valence-electron chi connectivity index (χ2n) is 8.29. The van der Waals surface area contributed by atoms with Gasteiger partial charge in [0.05, 0.1) is 17.7 Å². The molecule has 0 bridgehead atoms. The van der Waals surface area contributed by atoms with E-state index in [0.717, 1.165) is 23.8 Å². The highest BCUT2D eigenvalue weighted by Gasteiger charge is 2.61. The van der Waals surface area contributed by atoms with Gasteiger partial charge in [-0.3, -0.25) is 0 Å². The van der Waals surface area contributed by atoms with Crippen molar-refractivity contribution in [1.82, 2.24) is 9.55 Å². The minimum atomic E-state index is -4.70. The van der Waals surface area contributed by atoms with E-state index in [1.165, 1.54) is 12.1 Å². The highest BCUT2D eigenvalue weighted by atomic mass is 19.4. The Labute approximate surface area is 160 Å². The molecule has 1 aromatic carbocycles. The third kappa shape index (κ3) is 2.79. The summed E-state index contributed by atoms with van der Waals surface area (Å²) in [6, 6.07) is 6.00. The average molecular weight is 394 g/mol. The van der Waals surface area contributed by atoms with E-state index in [-0.39, 0.29) is 5.82 Å². The standard InChI is InChI=1S/C21H22F4N2O/c1-19-11-27-12-26-18(13-6-8-15(22)9-7-13)16(27)10-14(19)4-3-5-17(19)20(2,28)21(23,24)25/h6-10,12,17,28H,3-5,11H2,1-2H3/t17-,19-,20-/m0/s1. The second kappa shape index (κ2) is 6.17. The van der Waals surface area contributed by atoms with Crippen molar-refractivity contribution in [3.05, 3.63) is 47.7 Å². The minimum absolute atomic E-state index is 0.315. The molecular weight excluding hydrogens is 372 g/mol. The topological polar surface area (TPSA) is 38.0 Å². The van der Waals surface area contributed by atoms with Crippen molar-refractivity contribution in [2.45, 2.75) is 51.4 Å². The first-order valence-corrected chi connectivity index (χ1v) is 9.35. The number of imidazole rings is 1. The van der Waals surface area contributed by atoms with Gasteiger partial charge in [-0.2, -0.15) is 13.2 Å². The van der Waals surface area contributed by atoms with Crippen molar-refractivity contribution in [2.75, 3.05) is 0 Å². The van der Waals surface area contributed by atoms with Crippen LogP contribution in [0.5, 0.6) is 0 Å². The Kier molecular flexibility index (Phi) is 4.23. The van der Waals surface area contributed by atoms with Gasteiger partial charge < -0.3 is 9.67 Å². The summed E-state index contributed by atoms with van der Waals surface area (Å²) in [5.74, 6) is -1.28. The Bertz CT molecular complexity index is 927. The van der Waals surface area contributed by atoms with Gasteiger partial charge in [-0.05, 0) is 56.5 Å². The maximum atomic E-state index is 13.6. The molecule has 1 N–H and O–H groups in total. The number of aromatic nitrogens is 2. The number of hydrogen-bond donors (Lipinski definition) is 1. The van der Waals surface area contributed by atoms with Crippen molar-refractivity contribution in [3.63, 3.8) is 0 Å². The van der Waals surface area contributed by atoms with E-state index in [1.807, 2.05) is 17.6 Å². The van der Waals surface area contributed by atoms with Gasteiger partial charge in [0.2, 0.25) is 0 Å². The van der Waals surface area contributed by atoms with Crippen LogP contribution in [0.15, 0.2) is 36.2 Å². The van der Waals surface area contributed by atoms with Gasteiger partial charge in [0.25, 0.3) is 0 Å². The van der Waals surface area contributed by atoms with E-state index in [4.69, 9.17) is 0 Å². The molecule has 1 saturated carbocycles. The van der Waals surface area contributed by atoms with Gasteiger partial charge >= 0.3 is 6.18 Å². The smallest absolute Gasteiger partial charge is 0.380 e. The molecule has 0 unspecified atom stereocenters. The van der Waals surface area contributed by atoms with Crippen LogP contribution in [0, 0.1) is 17.2 Å². The number of aliphatic hydroxyl groups is 1. The molecule has 4 rings (SSSR count). The van der Waals surface area contributed by atoms with Crippen LogP contribution in [-0.2, 0) is 6.54 Å². The number of halogens is 4. The molecule has 2 aliphatic rings. The summed E-state index contributed by atoms with van der Waals surface area (Å²) in [5, 5.41) is 10.4. The molecule has 7 heteroatoms. The third-order valence-electron chi connectivity index (χ3n) is 6.50. The molecule has 1 aromatic heterocycles. The lowest BCUT2D eigenvalue weighted by molar-refractivity contribution is -0.285. The molecule has 0 saturated heterocycles. The summed E-state index contributed by atoms with van der Waals surface area (Å²) in [4.78, 5) is 4.43. The second-order valence-corrected chi connectivity index (χ2v) is 8.29. The summed E-state index contributed by atoms with van der Waals surface area (Å²) >= 11 is 0. The largest absolute Gasteiger partial charge is 0.417 e. The van der Waals surface area contributed by atoms with Gasteiger partial charge in [-0.15, -0.1) is 0 Å². The lowest BCUT2D eigenvalue weighted by atomic mass is 9.58. The molecule has 1 aliphatic heterocycles. The molecular formula is C21H22F4N2O. The zero-order chi connectivity index (χ0) is 20.3. The number of benzene rings is 1. The van der Waals surface area contributed by atoms with Crippen molar-refractivity contribution in [1.29, 1.82) is 0 Å². The fourth-order valence-electron chi connectivity index (χ4n) is 4.89. The van der Waals surface area contributed by atoms with E-state index >= 15 is 0 Å². The van der Waals surface area contributed by atoms with E-state index in [0.29, 0.717) is 31.5 Å². The van der Waals surface area contributed by atoms with Crippen molar-refractivity contribution < 1.29 is 22.7 Å². The van der Waals surface area contributed by atoms with Gasteiger partial charge in [-0.1, -0.05) is 12.5 Å². The highest BCUT2D eigenvalue weighted by molar-refractivity contribution is 5.72. The number of hydrogen-bond acceptors (Lipinski definition) is 2. The molecule has 3 atom stereocenters. The predicted molar refractivity (Wildman–Crippen MR) is 97.7 cm³/mol. The third-order valence-corrected chi connectivity index (χ3v) is 6.50. The minimum Gasteiger partial charge on any atom is -0.380 e. The van der Waals surface area contributed by atoms with Gasteiger partial charge in [-0.25, -0.2) is 9.37 Å². The fraction of sp³-hybridized carbons (Fsp3) is 0.476. The molecule has 1 aliphatic carbocycles. The zero-order valence-corrected chi connectivity index (χ0v) is 15.7. The summed E-state index contributed by atoms with van der Waals surface area (Å²) in [6.45, 7) is 3.02. The van der Waals surface area contributed by atoms with Crippen LogP contribution in [0.2, 0.25) is 0 Å². The van der Waals surface area contributed by atoms with Crippen molar-refractivity contribution in [3.8, 4) is 11.3 Å². The Morgan fingerprint density at radius 2 is 1.89 bits per heavy atom. The molecule has 0 spiro atoms. The van der Waals surface area contributed by atoms with E-state index in [9.17, 15) is 22.7 Å². The van der Waals surface area contributed by atoms with E-state index in [2.05, 4.69) is 4.98 Å². The molecule has 1 fully saturated rings. The number of nitrogens with zero attached hydrogens (tertiary/aromatic N) is 2. The Balaban J connectivity index is 1.77. The summed E-state index contributed by atoms with van der Waals surface area (Å²) < 4.78 is 55.8. The summed E-state index contributed by atoms with van der Waals surface area (Å²) in [7, 11) is 0. The van der Waals surface area contributed by atoms with E-state index in [1.54, 1.807) is 18.5 Å². The van der Waals surface area contributed by atoms with Crippen molar-refractivity contribution >= 4 is 6.08 Å².